The zero-order valence-corrected chi connectivity index (χ0v) is 19.8. The Kier molecular flexibility index (Phi) is 6.90. The molecule has 0 fully saturated rings. The van der Waals surface area contributed by atoms with Gasteiger partial charge in [0.1, 0.15) is 22.2 Å². The number of anilines is 1. The lowest BCUT2D eigenvalue weighted by atomic mass is 10.2. The Bertz CT molecular complexity index is 1290. The van der Waals surface area contributed by atoms with Crippen molar-refractivity contribution in [2.45, 2.75) is 31.7 Å². The van der Waals surface area contributed by atoms with Gasteiger partial charge in [0.05, 0.1) is 24.1 Å². The third kappa shape index (κ3) is 5.68. The smallest absolute Gasteiger partial charge is 0.259 e. The molecule has 0 atom stereocenters. The van der Waals surface area contributed by atoms with Crippen molar-refractivity contribution in [1.82, 2.24) is 20.5 Å². The zero-order valence-electron chi connectivity index (χ0n) is 18.2. The zero-order chi connectivity index (χ0) is 23.4. The van der Waals surface area contributed by atoms with E-state index in [0.29, 0.717) is 39.9 Å². The Hall–Kier alpha value is -3.44. The van der Waals surface area contributed by atoms with Crippen molar-refractivity contribution < 1.29 is 18.4 Å². The van der Waals surface area contributed by atoms with Gasteiger partial charge in [0.15, 0.2) is 4.34 Å². The number of nitrogens with one attached hydrogen (secondary N) is 2. The lowest BCUT2D eigenvalue weighted by molar-refractivity contribution is -0.118. The molecule has 0 bridgehead atoms. The lowest BCUT2D eigenvalue weighted by Crippen LogP contribution is -2.25. The van der Waals surface area contributed by atoms with Crippen LogP contribution in [0.5, 0.6) is 0 Å². The lowest BCUT2D eigenvalue weighted by Gasteiger charge is -2.05. The molecular formula is C22H21N5O4S2. The van der Waals surface area contributed by atoms with E-state index in [-0.39, 0.29) is 24.1 Å². The average molecular weight is 484 g/mol. The van der Waals surface area contributed by atoms with E-state index < -0.39 is 0 Å². The molecule has 0 saturated heterocycles. The van der Waals surface area contributed by atoms with Crippen molar-refractivity contribution in [3.05, 3.63) is 64.4 Å². The monoisotopic (exact) mass is 483 g/mol. The van der Waals surface area contributed by atoms with Gasteiger partial charge in [0, 0.05) is 11.3 Å². The van der Waals surface area contributed by atoms with Crippen molar-refractivity contribution in [2.75, 3.05) is 11.1 Å². The van der Waals surface area contributed by atoms with Crippen LogP contribution < -0.4 is 10.6 Å². The maximum Gasteiger partial charge on any atom is 0.259 e. The highest BCUT2D eigenvalue weighted by atomic mass is 32.2. The van der Waals surface area contributed by atoms with E-state index in [1.54, 1.807) is 38.1 Å². The summed E-state index contributed by atoms with van der Waals surface area (Å²) in [6.07, 6.45) is 1.48. The van der Waals surface area contributed by atoms with E-state index >= 15 is 0 Å². The molecule has 3 aromatic heterocycles. The van der Waals surface area contributed by atoms with Gasteiger partial charge in [0.2, 0.25) is 11.8 Å². The van der Waals surface area contributed by atoms with Crippen LogP contribution in [0.3, 0.4) is 0 Å². The number of thioether (sulfide) groups is 1. The summed E-state index contributed by atoms with van der Waals surface area (Å²) in [5.41, 5.74) is 2.43. The Morgan fingerprint density at radius 1 is 1.12 bits per heavy atom. The minimum absolute atomic E-state index is 0.129. The van der Waals surface area contributed by atoms with Gasteiger partial charge in [-0.25, -0.2) is 4.98 Å². The average Bonchev–Trinajstić information content (AvgIpc) is 3.51. The molecule has 9 nitrogen and oxygen atoms in total. The molecular weight excluding hydrogens is 462 g/mol. The number of aryl methyl sites for hydroxylation is 3. The fraction of sp³-hybridized carbons (Fsp3) is 0.227. The Morgan fingerprint density at radius 3 is 2.70 bits per heavy atom. The van der Waals surface area contributed by atoms with Crippen LogP contribution in [0.4, 0.5) is 5.69 Å². The van der Waals surface area contributed by atoms with Gasteiger partial charge in [-0.3, -0.25) is 9.59 Å². The van der Waals surface area contributed by atoms with E-state index in [4.69, 9.17) is 8.83 Å². The highest BCUT2D eigenvalue weighted by Crippen LogP contribution is 2.25. The van der Waals surface area contributed by atoms with Crippen LogP contribution in [-0.4, -0.2) is 32.7 Å². The van der Waals surface area contributed by atoms with Crippen LogP contribution in [0.25, 0.3) is 11.5 Å². The highest BCUT2D eigenvalue weighted by molar-refractivity contribution is 8.01. The number of carbonyl (C=O) groups is 2. The van der Waals surface area contributed by atoms with Crippen molar-refractivity contribution in [2.24, 2.45) is 0 Å². The summed E-state index contributed by atoms with van der Waals surface area (Å²) in [5.74, 6) is 1.43. The van der Waals surface area contributed by atoms with E-state index in [0.717, 1.165) is 9.35 Å². The summed E-state index contributed by atoms with van der Waals surface area (Å²) >= 11 is 2.80. The minimum Gasteiger partial charge on any atom is -0.469 e. The summed E-state index contributed by atoms with van der Waals surface area (Å²) in [6, 6.07) is 8.83. The van der Waals surface area contributed by atoms with E-state index in [1.807, 2.05) is 13.0 Å². The standard InChI is InChI=1S/C22H21N5O4S2/c1-12-17(7-8-30-12)20(29)24-16-6-4-5-15(9-16)21-25-18(13(2)31-21)10-23-19(28)11-32-22-27-26-14(3)33-22/h4-9H,10-11H2,1-3H3,(H,23,28)(H,24,29). The topological polar surface area (TPSA) is 123 Å². The summed E-state index contributed by atoms with van der Waals surface area (Å²) in [4.78, 5) is 29.1. The molecule has 4 rings (SSSR count). The van der Waals surface area contributed by atoms with Gasteiger partial charge in [-0.05, 0) is 45.0 Å². The van der Waals surface area contributed by atoms with Crippen LogP contribution in [-0.2, 0) is 11.3 Å². The second-order valence-electron chi connectivity index (χ2n) is 7.10. The molecule has 0 saturated carbocycles. The molecule has 3 heterocycles. The van der Waals surface area contributed by atoms with E-state index in [1.165, 1.54) is 29.4 Å². The fourth-order valence-electron chi connectivity index (χ4n) is 2.96. The summed E-state index contributed by atoms with van der Waals surface area (Å²) in [6.45, 7) is 5.65. The van der Waals surface area contributed by atoms with E-state index in [9.17, 15) is 9.59 Å². The molecule has 0 radical (unpaired) electrons. The molecule has 2 N–H and O–H groups in total. The predicted molar refractivity (Wildman–Crippen MR) is 125 cm³/mol. The molecule has 0 aliphatic rings. The van der Waals surface area contributed by atoms with Gasteiger partial charge >= 0.3 is 0 Å². The Balaban J connectivity index is 1.37. The third-order valence-electron chi connectivity index (χ3n) is 4.65. The van der Waals surface area contributed by atoms with Crippen molar-refractivity contribution in [3.8, 4) is 11.5 Å². The maximum absolute atomic E-state index is 12.4. The predicted octanol–water partition coefficient (Wildman–Crippen LogP) is 4.37. The fourth-order valence-corrected chi connectivity index (χ4v) is 4.61. The normalized spacial score (nSPS) is 10.9. The van der Waals surface area contributed by atoms with Crippen LogP contribution in [0.2, 0.25) is 0 Å². The number of aromatic nitrogens is 3. The van der Waals surface area contributed by atoms with E-state index in [2.05, 4.69) is 25.8 Å². The van der Waals surface area contributed by atoms with Crippen LogP contribution >= 0.6 is 23.1 Å². The molecule has 2 amide bonds. The largest absolute Gasteiger partial charge is 0.469 e. The molecule has 0 unspecified atom stereocenters. The Labute approximate surface area is 198 Å². The molecule has 1 aromatic carbocycles. The molecule has 0 spiro atoms. The summed E-state index contributed by atoms with van der Waals surface area (Å²) in [7, 11) is 0. The van der Waals surface area contributed by atoms with Gasteiger partial charge in [-0.1, -0.05) is 29.2 Å². The SMILES string of the molecule is Cc1nnc(SCC(=O)NCc2nc(-c3cccc(NC(=O)c4ccoc4C)c3)oc2C)s1. The molecule has 11 heteroatoms. The van der Waals surface area contributed by atoms with Crippen molar-refractivity contribution in [3.63, 3.8) is 0 Å². The van der Waals surface area contributed by atoms with Crippen LogP contribution in [0, 0.1) is 20.8 Å². The van der Waals surface area contributed by atoms with Gasteiger partial charge in [0.25, 0.3) is 5.91 Å². The van der Waals surface area contributed by atoms with Crippen molar-refractivity contribution in [1.29, 1.82) is 0 Å². The number of carbonyl (C=O) groups excluding carboxylic acids is 2. The number of amides is 2. The van der Waals surface area contributed by atoms with Crippen LogP contribution in [0.1, 0.15) is 32.6 Å². The van der Waals surface area contributed by atoms with Gasteiger partial charge < -0.3 is 19.5 Å². The second-order valence-corrected chi connectivity index (χ2v) is 9.50. The maximum atomic E-state index is 12.4. The van der Waals surface area contributed by atoms with Crippen molar-refractivity contribution >= 4 is 40.6 Å². The molecule has 0 aliphatic carbocycles. The number of hydrogen-bond acceptors (Lipinski definition) is 9. The van der Waals surface area contributed by atoms with Gasteiger partial charge in [-0.15, -0.1) is 10.2 Å². The highest BCUT2D eigenvalue weighted by Gasteiger charge is 2.15. The molecule has 0 aliphatic heterocycles. The summed E-state index contributed by atoms with van der Waals surface area (Å²) < 4.78 is 11.8. The first-order chi connectivity index (χ1) is 15.9. The number of rotatable bonds is 8. The Morgan fingerprint density at radius 2 is 1.97 bits per heavy atom. The minimum atomic E-state index is -0.257. The number of oxazole rings is 1. The van der Waals surface area contributed by atoms with Crippen LogP contribution in [0.15, 0.2) is 49.8 Å². The number of benzene rings is 1. The molecule has 4 aromatic rings. The summed E-state index contributed by atoms with van der Waals surface area (Å²) in [5, 5.41) is 14.5. The van der Waals surface area contributed by atoms with Gasteiger partial charge in [-0.2, -0.15) is 0 Å². The number of nitrogens with zero attached hydrogens (tertiary/aromatic N) is 3. The number of hydrogen-bond donors (Lipinski definition) is 2. The molecule has 33 heavy (non-hydrogen) atoms. The second kappa shape index (κ2) is 10.0. The first-order valence-corrected chi connectivity index (χ1v) is 11.8. The third-order valence-corrected chi connectivity index (χ3v) is 6.62. The first kappa shape index (κ1) is 22.7. The molecule has 170 valence electrons. The first-order valence-electron chi connectivity index (χ1n) is 10.0. The quantitative estimate of drug-likeness (QED) is 0.354. The number of furan rings is 1.